The second-order valence-electron chi connectivity index (χ2n) is 6.00. The van der Waals surface area contributed by atoms with Gasteiger partial charge in [0, 0.05) is 18.0 Å². The van der Waals surface area contributed by atoms with Gasteiger partial charge in [0.2, 0.25) is 0 Å². The van der Waals surface area contributed by atoms with E-state index >= 15 is 0 Å². The van der Waals surface area contributed by atoms with Gasteiger partial charge in [0.15, 0.2) is 11.5 Å². The molecule has 0 amide bonds. The minimum absolute atomic E-state index is 0.459. The maximum Gasteiger partial charge on any atom is 0.180 e. The van der Waals surface area contributed by atoms with Crippen molar-refractivity contribution < 1.29 is 9.47 Å². The monoisotopic (exact) mass is 371 g/mol. The number of hydrogen-bond acceptors (Lipinski definition) is 5. The molecule has 7 heteroatoms. The summed E-state index contributed by atoms with van der Waals surface area (Å²) in [7, 11) is 3.25. The summed E-state index contributed by atoms with van der Waals surface area (Å²) in [4.78, 5) is 9.29. The number of hydrogen-bond donors (Lipinski definition) is 1. The van der Waals surface area contributed by atoms with Crippen molar-refractivity contribution in [2.24, 2.45) is 4.99 Å². The van der Waals surface area contributed by atoms with Gasteiger partial charge in [0.05, 0.1) is 14.2 Å². The first-order chi connectivity index (χ1) is 13.7. The topological polar surface area (TPSA) is 87.7 Å². The molecular weight excluding hydrogens is 354 g/mol. The normalized spacial score (nSPS) is 11.0. The van der Waals surface area contributed by atoms with Gasteiger partial charge in [-0.3, -0.25) is 5.10 Å². The lowest BCUT2D eigenvalue weighted by molar-refractivity contribution is 0.414. The summed E-state index contributed by atoms with van der Waals surface area (Å²) in [6.07, 6.45) is 3.37. The van der Waals surface area contributed by atoms with E-state index in [1.807, 2.05) is 48.5 Å². The fraction of sp³-hybridized carbons (Fsp3) is 0.0952. The summed E-state index contributed by atoms with van der Waals surface area (Å²) in [6.45, 7) is 0. The molecule has 2 aromatic carbocycles. The van der Waals surface area contributed by atoms with Crippen LogP contribution in [0.3, 0.4) is 0 Å². The number of imidazole rings is 1. The molecule has 0 fully saturated rings. The van der Waals surface area contributed by atoms with Gasteiger partial charge < -0.3 is 9.47 Å². The molecular formula is C21H17N5O2. The Kier molecular flexibility index (Phi) is 4.52. The first-order valence-electron chi connectivity index (χ1n) is 8.56. The van der Waals surface area contributed by atoms with E-state index in [4.69, 9.17) is 9.47 Å². The summed E-state index contributed by atoms with van der Waals surface area (Å²) < 4.78 is 12.1. The zero-order valence-corrected chi connectivity index (χ0v) is 15.4. The molecule has 0 bridgehead atoms. The number of nitrogens with zero attached hydrogens (tertiary/aromatic N) is 4. The van der Waals surface area contributed by atoms with Crippen molar-refractivity contribution >= 4 is 17.7 Å². The number of aromatic amines is 1. The average molecular weight is 371 g/mol. The quantitative estimate of drug-likeness (QED) is 0.538. The van der Waals surface area contributed by atoms with Crippen molar-refractivity contribution in [1.29, 1.82) is 5.26 Å². The Morgan fingerprint density at radius 1 is 1.04 bits per heavy atom. The van der Waals surface area contributed by atoms with Crippen molar-refractivity contribution in [2.45, 2.75) is 0 Å². The Morgan fingerprint density at radius 2 is 1.68 bits per heavy atom. The number of rotatable bonds is 5. The van der Waals surface area contributed by atoms with Crippen molar-refractivity contribution in [3.05, 3.63) is 65.9 Å². The number of fused-ring (bicyclic) bond motifs is 1. The van der Waals surface area contributed by atoms with Gasteiger partial charge in [-0.05, 0) is 54.1 Å². The number of nitriles is 1. The zero-order valence-electron chi connectivity index (χ0n) is 15.4. The van der Waals surface area contributed by atoms with Gasteiger partial charge in [-0.15, -0.1) is 0 Å². The lowest BCUT2D eigenvalue weighted by Gasteiger charge is -2.03. The number of aliphatic imine (C=N–C) groups is 1. The molecule has 0 spiro atoms. The molecule has 0 radical (unpaired) electrons. The van der Waals surface area contributed by atoms with Crippen LogP contribution >= 0.6 is 0 Å². The molecule has 28 heavy (non-hydrogen) atoms. The molecule has 0 aliphatic carbocycles. The van der Waals surface area contributed by atoms with Crippen LogP contribution in [0.5, 0.6) is 11.5 Å². The summed E-state index contributed by atoms with van der Waals surface area (Å²) >= 11 is 0. The van der Waals surface area contributed by atoms with Crippen LogP contribution in [0.4, 0.5) is 5.82 Å². The van der Waals surface area contributed by atoms with Crippen molar-refractivity contribution in [3.63, 3.8) is 0 Å². The third-order valence-corrected chi connectivity index (χ3v) is 4.37. The van der Waals surface area contributed by atoms with Crippen LogP contribution in [0.2, 0.25) is 0 Å². The molecule has 4 aromatic rings. The fourth-order valence-corrected chi connectivity index (χ4v) is 2.88. The van der Waals surface area contributed by atoms with Crippen LogP contribution in [-0.4, -0.2) is 35.0 Å². The molecule has 138 valence electrons. The van der Waals surface area contributed by atoms with E-state index in [0.717, 1.165) is 22.6 Å². The van der Waals surface area contributed by atoms with E-state index in [2.05, 4.69) is 21.1 Å². The molecule has 0 aliphatic rings. The zero-order chi connectivity index (χ0) is 19.5. The maximum absolute atomic E-state index is 9.33. The van der Waals surface area contributed by atoms with Gasteiger partial charge >= 0.3 is 0 Å². The SMILES string of the molecule is COc1ccc(/C=N/c2c(-c3ccc(OC)cc3)nc3c(C#N)c[nH]n23)cc1. The number of H-pyrrole nitrogens is 1. The van der Waals surface area contributed by atoms with E-state index < -0.39 is 0 Å². The number of aromatic nitrogens is 3. The van der Waals surface area contributed by atoms with Gasteiger partial charge in [-0.2, -0.15) is 5.26 Å². The summed E-state index contributed by atoms with van der Waals surface area (Å²) in [5.74, 6) is 2.15. The van der Waals surface area contributed by atoms with E-state index in [9.17, 15) is 5.26 Å². The Morgan fingerprint density at radius 3 is 2.29 bits per heavy atom. The summed E-state index contributed by atoms with van der Waals surface area (Å²) in [6, 6.07) is 17.3. The minimum atomic E-state index is 0.459. The number of ether oxygens (including phenoxy) is 2. The molecule has 7 nitrogen and oxygen atoms in total. The number of benzene rings is 2. The molecule has 0 atom stereocenters. The lowest BCUT2D eigenvalue weighted by Crippen LogP contribution is -1.87. The molecule has 0 saturated heterocycles. The predicted molar refractivity (Wildman–Crippen MR) is 106 cm³/mol. The van der Waals surface area contributed by atoms with E-state index in [1.54, 1.807) is 31.1 Å². The largest absolute Gasteiger partial charge is 0.497 e. The predicted octanol–water partition coefficient (Wildman–Crippen LogP) is 3.97. The molecule has 2 aromatic heterocycles. The number of methoxy groups -OCH3 is 2. The van der Waals surface area contributed by atoms with Crippen LogP contribution in [-0.2, 0) is 0 Å². The minimum Gasteiger partial charge on any atom is -0.497 e. The average Bonchev–Trinajstić information content (AvgIpc) is 3.32. The second kappa shape index (κ2) is 7.29. The van der Waals surface area contributed by atoms with E-state index in [1.165, 1.54) is 0 Å². The van der Waals surface area contributed by atoms with E-state index in [0.29, 0.717) is 22.7 Å². The van der Waals surface area contributed by atoms with Gasteiger partial charge in [-0.25, -0.2) is 14.5 Å². The van der Waals surface area contributed by atoms with Crippen LogP contribution in [0.15, 0.2) is 59.7 Å². The highest BCUT2D eigenvalue weighted by Crippen LogP contribution is 2.32. The van der Waals surface area contributed by atoms with Crippen LogP contribution < -0.4 is 9.47 Å². The van der Waals surface area contributed by atoms with Crippen LogP contribution in [0, 0.1) is 11.3 Å². The summed E-state index contributed by atoms with van der Waals surface area (Å²) in [5, 5.41) is 12.4. The summed E-state index contributed by atoms with van der Waals surface area (Å²) in [5.41, 5.74) is 3.47. The molecule has 0 aliphatic heterocycles. The standard InChI is InChI=1S/C21H17N5O2/c1-27-17-7-3-14(4-8-17)12-23-21-19(15-5-9-18(28-2)10-6-15)25-20-16(11-22)13-24-26(20)21/h3-10,12-13,24H,1-2H3/b23-12+. The molecule has 4 rings (SSSR count). The fourth-order valence-electron chi connectivity index (χ4n) is 2.88. The molecule has 0 unspecified atom stereocenters. The molecule has 0 saturated carbocycles. The van der Waals surface area contributed by atoms with Crippen LogP contribution in [0.25, 0.3) is 16.9 Å². The first kappa shape index (κ1) is 17.4. The smallest absolute Gasteiger partial charge is 0.180 e. The molecule has 1 N–H and O–H groups in total. The van der Waals surface area contributed by atoms with Crippen molar-refractivity contribution in [2.75, 3.05) is 14.2 Å². The second-order valence-corrected chi connectivity index (χ2v) is 6.00. The first-order valence-corrected chi connectivity index (χ1v) is 8.56. The lowest BCUT2D eigenvalue weighted by atomic mass is 10.1. The van der Waals surface area contributed by atoms with Crippen molar-refractivity contribution in [3.8, 4) is 28.8 Å². The Labute approximate surface area is 161 Å². The van der Waals surface area contributed by atoms with Gasteiger partial charge in [-0.1, -0.05) is 0 Å². The van der Waals surface area contributed by atoms with Crippen molar-refractivity contribution in [1.82, 2.24) is 14.6 Å². The van der Waals surface area contributed by atoms with E-state index in [-0.39, 0.29) is 0 Å². The van der Waals surface area contributed by atoms with Gasteiger partial charge in [0.1, 0.15) is 28.8 Å². The molecule has 2 heterocycles. The van der Waals surface area contributed by atoms with Gasteiger partial charge in [0.25, 0.3) is 0 Å². The highest BCUT2D eigenvalue weighted by Gasteiger charge is 2.17. The third-order valence-electron chi connectivity index (χ3n) is 4.37. The van der Waals surface area contributed by atoms with Crippen LogP contribution in [0.1, 0.15) is 11.1 Å². The third kappa shape index (κ3) is 3.08. The highest BCUT2D eigenvalue weighted by molar-refractivity contribution is 5.85. The maximum atomic E-state index is 9.33. The number of nitrogens with one attached hydrogen (secondary N) is 1. The highest BCUT2D eigenvalue weighted by atomic mass is 16.5. The Balaban J connectivity index is 1.81. The Hall–Kier alpha value is -4.05. The Bertz CT molecular complexity index is 1180.